The molecule has 0 bridgehead atoms. The maximum Gasteiger partial charge on any atom is 0.410 e. The number of hydrogen-bond donors (Lipinski definition) is 0. The van der Waals surface area contributed by atoms with Crippen molar-refractivity contribution < 1.29 is 18.3 Å². The Morgan fingerprint density at radius 2 is 2.00 bits per heavy atom. The number of thioether (sulfide) groups is 1. The third-order valence-electron chi connectivity index (χ3n) is 5.25. The maximum atomic E-state index is 15.1. The first-order valence-corrected chi connectivity index (χ1v) is 12.1. The van der Waals surface area contributed by atoms with Gasteiger partial charge >= 0.3 is 6.09 Å². The van der Waals surface area contributed by atoms with Crippen molar-refractivity contribution in [1.82, 2.24) is 14.9 Å². The summed E-state index contributed by atoms with van der Waals surface area (Å²) in [7, 11) is 1.73. The minimum Gasteiger partial charge on any atom is -0.444 e. The van der Waals surface area contributed by atoms with E-state index in [0.717, 1.165) is 6.42 Å². The normalized spacial score (nSPS) is 17.5. The first-order chi connectivity index (χ1) is 14.4. The molecule has 0 aliphatic carbocycles. The van der Waals surface area contributed by atoms with E-state index in [-0.39, 0.29) is 38.3 Å². The van der Waals surface area contributed by atoms with Gasteiger partial charge in [-0.05, 0) is 56.3 Å². The first kappa shape index (κ1) is 24.3. The van der Waals surface area contributed by atoms with E-state index < -0.39 is 23.3 Å². The van der Waals surface area contributed by atoms with E-state index in [1.165, 1.54) is 11.8 Å². The second kappa shape index (κ2) is 8.86. The van der Waals surface area contributed by atoms with E-state index >= 15 is 4.39 Å². The summed E-state index contributed by atoms with van der Waals surface area (Å²) in [5, 5.41) is -0.167. The molecule has 1 unspecified atom stereocenters. The van der Waals surface area contributed by atoms with Gasteiger partial charge in [-0.15, -0.1) is 0 Å². The van der Waals surface area contributed by atoms with Crippen LogP contribution in [0.25, 0.3) is 10.9 Å². The highest BCUT2D eigenvalue weighted by atomic mass is 79.9. The van der Waals surface area contributed by atoms with Gasteiger partial charge in [0, 0.05) is 19.6 Å². The van der Waals surface area contributed by atoms with Crippen LogP contribution in [0.15, 0.2) is 9.63 Å². The highest BCUT2D eigenvalue weighted by Gasteiger charge is 2.40. The van der Waals surface area contributed by atoms with Crippen molar-refractivity contribution in [2.45, 2.75) is 57.0 Å². The zero-order valence-electron chi connectivity index (χ0n) is 18.1. The number of likely N-dealkylation sites (tertiary alicyclic amines) is 1. The zero-order chi connectivity index (χ0) is 23.2. The molecular formula is C20H24BrClF2N4O2S. The number of benzene rings is 1. The number of hydrogen-bond acceptors (Lipinski definition) is 6. The molecule has 1 aromatic carbocycles. The summed E-state index contributed by atoms with van der Waals surface area (Å²) >= 11 is 10.2. The highest BCUT2D eigenvalue weighted by molar-refractivity contribution is 9.10. The van der Waals surface area contributed by atoms with Crippen LogP contribution in [0.3, 0.4) is 0 Å². The SMILES string of the molecule is CSc1nc(N(C)C(C)[C@@H]2CCN2C(=O)OC(C)(C)C)c2c(F)c(Cl)c(Br)c(F)c2n1. The molecule has 11 heteroatoms. The Bertz CT molecular complexity index is 1040. The van der Waals surface area contributed by atoms with E-state index in [0.29, 0.717) is 11.7 Å². The second-order valence-electron chi connectivity index (χ2n) is 8.39. The molecule has 3 rings (SSSR count). The van der Waals surface area contributed by atoms with Crippen molar-refractivity contribution in [3.63, 3.8) is 0 Å². The fourth-order valence-electron chi connectivity index (χ4n) is 3.45. The molecule has 6 nitrogen and oxygen atoms in total. The molecular weight excluding hydrogens is 514 g/mol. The van der Waals surface area contributed by atoms with Crippen molar-refractivity contribution in [2.75, 3.05) is 24.7 Å². The molecule has 0 N–H and O–H groups in total. The fraction of sp³-hybridized carbons (Fsp3) is 0.550. The van der Waals surface area contributed by atoms with Crippen LogP contribution in [0.2, 0.25) is 5.02 Å². The summed E-state index contributed by atoms with van der Waals surface area (Å²) in [5.74, 6) is -1.34. The van der Waals surface area contributed by atoms with Gasteiger partial charge in [-0.25, -0.2) is 23.5 Å². The van der Waals surface area contributed by atoms with Crippen LogP contribution in [0.5, 0.6) is 0 Å². The Kier molecular flexibility index (Phi) is 6.93. The highest BCUT2D eigenvalue weighted by Crippen LogP contribution is 2.40. The topological polar surface area (TPSA) is 58.6 Å². The van der Waals surface area contributed by atoms with Crippen LogP contribution in [0.1, 0.15) is 34.1 Å². The van der Waals surface area contributed by atoms with Crippen molar-refractivity contribution >= 4 is 62.1 Å². The fourth-order valence-corrected chi connectivity index (χ4v) is 4.35. The number of amides is 1. The molecule has 1 aromatic heterocycles. The van der Waals surface area contributed by atoms with Gasteiger partial charge in [0.15, 0.2) is 16.8 Å². The minimum atomic E-state index is -0.802. The Morgan fingerprint density at radius 1 is 1.35 bits per heavy atom. The van der Waals surface area contributed by atoms with Gasteiger partial charge in [-0.2, -0.15) is 0 Å². The van der Waals surface area contributed by atoms with Crippen LogP contribution < -0.4 is 4.90 Å². The maximum absolute atomic E-state index is 15.1. The molecule has 31 heavy (non-hydrogen) atoms. The standard InChI is InChI=1S/C20H24BrClF2N4O2S/c1-9(10-7-8-28(10)19(29)30-20(2,3)4)27(5)17-11-14(23)13(22)12(21)15(24)16(11)25-18(26-17)31-6/h9-10H,7-8H2,1-6H3/t9?,10-/m0/s1. The summed E-state index contributed by atoms with van der Waals surface area (Å²) in [4.78, 5) is 24.5. The summed E-state index contributed by atoms with van der Waals surface area (Å²) in [5.41, 5.74) is -0.757. The van der Waals surface area contributed by atoms with Gasteiger partial charge in [-0.1, -0.05) is 23.4 Å². The van der Waals surface area contributed by atoms with Gasteiger partial charge in [0.25, 0.3) is 0 Å². The molecule has 0 saturated carbocycles. The van der Waals surface area contributed by atoms with Gasteiger partial charge < -0.3 is 14.5 Å². The zero-order valence-corrected chi connectivity index (χ0v) is 21.3. The number of carbonyl (C=O) groups is 1. The second-order valence-corrected chi connectivity index (χ2v) is 10.3. The molecule has 1 aliphatic rings. The van der Waals surface area contributed by atoms with Gasteiger partial charge in [0.1, 0.15) is 16.9 Å². The number of carbonyl (C=O) groups excluding carboxylic acids is 1. The first-order valence-electron chi connectivity index (χ1n) is 9.67. The molecule has 1 amide bonds. The predicted octanol–water partition coefficient (Wildman–Crippen LogP) is 5.88. The number of likely N-dealkylation sites (N-methyl/N-ethyl adjacent to an activating group) is 1. The third kappa shape index (κ3) is 4.57. The summed E-state index contributed by atoms with van der Waals surface area (Å²) < 4.78 is 35.3. The van der Waals surface area contributed by atoms with E-state index in [2.05, 4.69) is 25.9 Å². The number of rotatable bonds is 4. The summed E-state index contributed by atoms with van der Waals surface area (Å²) in [6, 6.07) is -0.416. The Morgan fingerprint density at radius 3 is 2.52 bits per heavy atom. The van der Waals surface area contributed by atoms with Crippen molar-refractivity contribution in [2.24, 2.45) is 0 Å². The average molecular weight is 538 g/mol. The Hall–Kier alpha value is -1.39. The van der Waals surface area contributed by atoms with Crippen LogP contribution in [0, 0.1) is 11.6 Å². The Labute approximate surface area is 197 Å². The number of fused-ring (bicyclic) bond motifs is 1. The molecule has 170 valence electrons. The monoisotopic (exact) mass is 536 g/mol. The molecule has 1 saturated heterocycles. The van der Waals surface area contributed by atoms with Crippen molar-refractivity contribution in [3.8, 4) is 0 Å². The molecule has 2 heterocycles. The van der Waals surface area contributed by atoms with Crippen molar-refractivity contribution in [1.29, 1.82) is 0 Å². The van der Waals surface area contributed by atoms with Gasteiger partial charge in [0.05, 0.1) is 20.9 Å². The van der Waals surface area contributed by atoms with Crippen LogP contribution >= 0.6 is 39.3 Å². The summed E-state index contributed by atoms with van der Waals surface area (Å²) in [6.07, 6.45) is 2.11. The van der Waals surface area contributed by atoms with Crippen molar-refractivity contribution in [3.05, 3.63) is 21.1 Å². The lowest BCUT2D eigenvalue weighted by atomic mass is 9.95. The minimum absolute atomic E-state index is 0.0963. The number of aromatic nitrogens is 2. The molecule has 2 atom stereocenters. The molecule has 0 radical (unpaired) electrons. The summed E-state index contributed by atoms with van der Waals surface area (Å²) in [6.45, 7) is 7.91. The molecule has 0 spiro atoms. The van der Waals surface area contributed by atoms with Crippen LogP contribution in [0.4, 0.5) is 19.4 Å². The van der Waals surface area contributed by atoms with E-state index in [1.54, 1.807) is 23.1 Å². The number of ether oxygens (including phenoxy) is 1. The van der Waals surface area contributed by atoms with E-state index in [4.69, 9.17) is 16.3 Å². The smallest absolute Gasteiger partial charge is 0.410 e. The number of anilines is 1. The molecule has 1 aliphatic heterocycles. The lowest BCUT2D eigenvalue weighted by molar-refractivity contribution is -0.00920. The molecule has 1 fully saturated rings. The Balaban J connectivity index is 2.02. The van der Waals surface area contributed by atoms with Crippen LogP contribution in [-0.4, -0.2) is 58.5 Å². The number of halogens is 4. The largest absolute Gasteiger partial charge is 0.444 e. The molecule has 2 aromatic rings. The lowest BCUT2D eigenvalue weighted by Crippen LogP contribution is -2.60. The van der Waals surface area contributed by atoms with Gasteiger partial charge in [-0.3, -0.25) is 0 Å². The quantitative estimate of drug-likeness (QED) is 0.210. The predicted molar refractivity (Wildman–Crippen MR) is 123 cm³/mol. The third-order valence-corrected chi connectivity index (χ3v) is 7.13. The average Bonchev–Trinajstić information content (AvgIpc) is 2.66. The lowest BCUT2D eigenvalue weighted by Gasteiger charge is -2.47. The van der Waals surface area contributed by atoms with E-state index in [9.17, 15) is 9.18 Å². The van der Waals surface area contributed by atoms with E-state index in [1.807, 2.05) is 27.7 Å². The van der Waals surface area contributed by atoms with Gasteiger partial charge in [0.2, 0.25) is 0 Å². The van der Waals surface area contributed by atoms with Crippen LogP contribution in [-0.2, 0) is 4.74 Å². The number of nitrogens with zero attached hydrogens (tertiary/aromatic N) is 4.